The van der Waals surface area contributed by atoms with Crippen LogP contribution in [0.2, 0.25) is 0 Å². The summed E-state index contributed by atoms with van der Waals surface area (Å²) in [4.78, 5) is 14.0. The molecule has 1 aromatic carbocycles. The number of carbonyl (C=O) groups excluding carboxylic acids is 1. The van der Waals surface area contributed by atoms with Gasteiger partial charge in [-0.15, -0.1) is 0 Å². The van der Waals surface area contributed by atoms with Crippen LogP contribution in [0.15, 0.2) is 54.8 Å². The number of hydrogen-bond donors (Lipinski definition) is 2. The topological polar surface area (TPSA) is 58.4 Å². The van der Waals surface area contributed by atoms with Crippen LogP contribution in [-0.2, 0) is 4.79 Å². The molecule has 0 aromatic heterocycles. The molecule has 0 unspecified atom stereocenters. The Bertz CT molecular complexity index is 642. The number of amides is 1. The fraction of sp³-hybridized carbons (Fsp3) is 0.316. The van der Waals surface area contributed by atoms with Gasteiger partial charge in [0.1, 0.15) is 0 Å². The Balaban J connectivity index is 2.04. The monoisotopic (exact) mass is 311 g/mol. The van der Waals surface area contributed by atoms with E-state index in [1.165, 1.54) is 0 Å². The Kier molecular flexibility index (Phi) is 5.63. The van der Waals surface area contributed by atoms with Gasteiger partial charge in [0.25, 0.3) is 0 Å². The molecular formula is C19H25N3O. The fourth-order valence-electron chi connectivity index (χ4n) is 2.32. The lowest BCUT2D eigenvalue weighted by Gasteiger charge is -2.21. The van der Waals surface area contributed by atoms with Crippen molar-refractivity contribution in [3.63, 3.8) is 0 Å². The third kappa shape index (κ3) is 4.74. The van der Waals surface area contributed by atoms with Crippen LogP contribution in [0.4, 0.5) is 11.4 Å². The van der Waals surface area contributed by atoms with Crippen LogP contribution in [0.3, 0.4) is 0 Å². The largest absolute Gasteiger partial charge is 0.404 e. The minimum atomic E-state index is 0.136. The van der Waals surface area contributed by atoms with Crippen LogP contribution in [0, 0.1) is 12.8 Å². The molecule has 0 radical (unpaired) electrons. The third-order valence-corrected chi connectivity index (χ3v) is 3.94. The van der Waals surface area contributed by atoms with Gasteiger partial charge >= 0.3 is 0 Å². The second-order valence-electron chi connectivity index (χ2n) is 5.96. The lowest BCUT2D eigenvalue weighted by molar-refractivity contribution is -0.117. The second-order valence-corrected chi connectivity index (χ2v) is 5.96. The highest BCUT2D eigenvalue weighted by Crippen LogP contribution is 2.31. The van der Waals surface area contributed by atoms with Crippen molar-refractivity contribution in [3.8, 4) is 0 Å². The Morgan fingerprint density at radius 2 is 2.22 bits per heavy atom. The van der Waals surface area contributed by atoms with Crippen LogP contribution in [0.5, 0.6) is 0 Å². The standard InChI is InChI=1S/C19H25N3O/c1-4-5-6-15(12-20)13-22(3)17-9-10-18(14(2)11-17)21-19(23)16-7-8-16/h4-6,9-12,16H,1,7-8,13,20H2,2-3H3,(H,21,23)/b6-5-,15-12+. The van der Waals surface area contributed by atoms with Crippen LogP contribution >= 0.6 is 0 Å². The fourth-order valence-corrected chi connectivity index (χ4v) is 2.32. The summed E-state index contributed by atoms with van der Waals surface area (Å²) in [6, 6.07) is 6.06. The van der Waals surface area contributed by atoms with Gasteiger partial charge < -0.3 is 16.0 Å². The minimum absolute atomic E-state index is 0.136. The first-order chi connectivity index (χ1) is 11.0. The molecular weight excluding hydrogens is 286 g/mol. The highest BCUT2D eigenvalue weighted by Gasteiger charge is 2.29. The van der Waals surface area contributed by atoms with E-state index in [0.717, 1.165) is 35.4 Å². The number of benzene rings is 1. The van der Waals surface area contributed by atoms with Crippen molar-refractivity contribution in [2.75, 3.05) is 23.8 Å². The summed E-state index contributed by atoms with van der Waals surface area (Å²) in [5.74, 6) is 0.350. The first-order valence-electron chi connectivity index (χ1n) is 7.87. The Hall–Kier alpha value is -2.49. The molecule has 4 nitrogen and oxygen atoms in total. The molecule has 1 aliphatic rings. The van der Waals surface area contributed by atoms with E-state index >= 15 is 0 Å². The van der Waals surface area contributed by atoms with E-state index in [4.69, 9.17) is 5.73 Å². The molecule has 4 heteroatoms. The molecule has 2 rings (SSSR count). The Morgan fingerprint density at radius 3 is 2.78 bits per heavy atom. The molecule has 1 aromatic rings. The summed E-state index contributed by atoms with van der Waals surface area (Å²) < 4.78 is 0. The van der Waals surface area contributed by atoms with Gasteiger partial charge in [0.15, 0.2) is 0 Å². The van der Waals surface area contributed by atoms with E-state index in [9.17, 15) is 4.79 Å². The number of nitrogens with one attached hydrogen (secondary N) is 1. The lowest BCUT2D eigenvalue weighted by Crippen LogP contribution is -2.20. The summed E-state index contributed by atoms with van der Waals surface area (Å²) in [7, 11) is 2.02. The van der Waals surface area contributed by atoms with Gasteiger partial charge in [-0.3, -0.25) is 4.79 Å². The molecule has 0 saturated heterocycles. The molecule has 0 bridgehead atoms. The van der Waals surface area contributed by atoms with Crippen molar-refractivity contribution in [2.45, 2.75) is 19.8 Å². The average Bonchev–Trinajstić information content (AvgIpc) is 3.37. The molecule has 1 aliphatic carbocycles. The van der Waals surface area contributed by atoms with Crippen LogP contribution in [0.1, 0.15) is 18.4 Å². The summed E-state index contributed by atoms with van der Waals surface area (Å²) in [5, 5.41) is 3.01. The molecule has 23 heavy (non-hydrogen) atoms. The van der Waals surface area contributed by atoms with E-state index in [-0.39, 0.29) is 11.8 Å². The molecule has 0 aliphatic heterocycles. The molecule has 1 saturated carbocycles. The first kappa shape index (κ1) is 16.9. The van der Waals surface area contributed by atoms with Gasteiger partial charge in [-0.25, -0.2) is 0 Å². The van der Waals surface area contributed by atoms with Crippen molar-refractivity contribution in [3.05, 3.63) is 60.3 Å². The quantitative estimate of drug-likeness (QED) is 0.759. The number of carbonyl (C=O) groups is 1. The Morgan fingerprint density at radius 1 is 1.48 bits per heavy atom. The molecule has 0 heterocycles. The maximum Gasteiger partial charge on any atom is 0.227 e. The molecule has 3 N–H and O–H groups in total. The highest BCUT2D eigenvalue weighted by molar-refractivity contribution is 5.94. The van der Waals surface area contributed by atoms with E-state index in [1.54, 1.807) is 12.3 Å². The molecule has 0 atom stereocenters. The number of hydrogen-bond acceptors (Lipinski definition) is 3. The van der Waals surface area contributed by atoms with Crippen LogP contribution < -0.4 is 16.0 Å². The number of aryl methyl sites for hydroxylation is 1. The zero-order valence-electron chi connectivity index (χ0n) is 13.9. The number of anilines is 2. The number of likely N-dealkylation sites (N-methyl/N-ethyl adjacent to an activating group) is 1. The molecule has 1 fully saturated rings. The molecule has 1 amide bonds. The van der Waals surface area contributed by atoms with Crippen LogP contribution in [-0.4, -0.2) is 19.5 Å². The number of rotatable bonds is 7. The van der Waals surface area contributed by atoms with Crippen molar-refractivity contribution in [1.29, 1.82) is 0 Å². The van der Waals surface area contributed by atoms with E-state index in [2.05, 4.69) is 22.9 Å². The minimum Gasteiger partial charge on any atom is -0.404 e. The number of allylic oxidation sites excluding steroid dienone is 2. The maximum atomic E-state index is 11.9. The van der Waals surface area contributed by atoms with Gasteiger partial charge in [-0.2, -0.15) is 0 Å². The van der Waals surface area contributed by atoms with Gasteiger partial charge in [0, 0.05) is 30.9 Å². The number of nitrogens with two attached hydrogens (primary N) is 1. The van der Waals surface area contributed by atoms with Crippen molar-refractivity contribution < 1.29 is 4.79 Å². The summed E-state index contributed by atoms with van der Waals surface area (Å²) in [5.41, 5.74) is 9.70. The SMILES string of the molecule is C=C/C=C\C(=C/N)CN(C)c1ccc(NC(=O)C2CC2)c(C)c1. The highest BCUT2D eigenvalue weighted by atomic mass is 16.2. The summed E-state index contributed by atoms with van der Waals surface area (Å²) in [6.45, 7) is 6.38. The van der Waals surface area contributed by atoms with Gasteiger partial charge in [-0.05, 0) is 55.3 Å². The third-order valence-electron chi connectivity index (χ3n) is 3.94. The smallest absolute Gasteiger partial charge is 0.227 e. The van der Waals surface area contributed by atoms with Gasteiger partial charge in [0.2, 0.25) is 5.91 Å². The zero-order chi connectivity index (χ0) is 16.8. The first-order valence-corrected chi connectivity index (χ1v) is 7.87. The zero-order valence-corrected chi connectivity index (χ0v) is 13.9. The predicted octanol–water partition coefficient (Wildman–Crippen LogP) is 3.36. The lowest BCUT2D eigenvalue weighted by atomic mass is 10.1. The van der Waals surface area contributed by atoms with E-state index < -0.39 is 0 Å². The van der Waals surface area contributed by atoms with Gasteiger partial charge in [-0.1, -0.05) is 24.8 Å². The summed E-state index contributed by atoms with van der Waals surface area (Å²) >= 11 is 0. The maximum absolute atomic E-state index is 11.9. The van der Waals surface area contributed by atoms with Gasteiger partial charge in [0.05, 0.1) is 0 Å². The van der Waals surface area contributed by atoms with E-state index in [0.29, 0.717) is 6.54 Å². The van der Waals surface area contributed by atoms with Crippen molar-refractivity contribution >= 4 is 17.3 Å². The van der Waals surface area contributed by atoms with Crippen molar-refractivity contribution in [2.24, 2.45) is 11.7 Å². The van der Waals surface area contributed by atoms with Crippen LogP contribution in [0.25, 0.3) is 0 Å². The average molecular weight is 311 g/mol. The van der Waals surface area contributed by atoms with E-state index in [1.807, 2.05) is 38.3 Å². The molecule has 122 valence electrons. The second kappa shape index (κ2) is 7.68. The normalized spacial score (nSPS) is 14.8. The number of nitrogens with zero attached hydrogens (tertiary/aromatic N) is 1. The Labute approximate surface area is 138 Å². The summed E-state index contributed by atoms with van der Waals surface area (Å²) in [6.07, 6.45) is 9.17. The molecule has 0 spiro atoms. The van der Waals surface area contributed by atoms with Crippen molar-refractivity contribution in [1.82, 2.24) is 0 Å². The predicted molar refractivity (Wildman–Crippen MR) is 97.4 cm³/mol.